The molecule has 2 heteroatoms. The topological polar surface area (TPSA) is 3.24 Å². The maximum atomic E-state index is 4.05. The number of benzene rings is 1. The summed E-state index contributed by atoms with van der Waals surface area (Å²) in [5, 5.41) is 0. The summed E-state index contributed by atoms with van der Waals surface area (Å²) in [5.74, 6) is 0. The van der Waals surface area contributed by atoms with Gasteiger partial charge in [-0.25, -0.2) is 0 Å². The van der Waals surface area contributed by atoms with Crippen molar-refractivity contribution in [3.8, 4) is 0 Å². The minimum atomic E-state index is 0.274. The highest BCUT2D eigenvalue weighted by Gasteiger charge is 2.28. The molecule has 1 nitrogen and oxygen atoms in total. The zero-order chi connectivity index (χ0) is 9.47. The summed E-state index contributed by atoms with van der Waals surface area (Å²) in [6.45, 7) is 5.52. The van der Waals surface area contributed by atoms with Crippen molar-refractivity contribution in [2.45, 2.75) is 23.5 Å². The summed E-state index contributed by atoms with van der Waals surface area (Å²) < 4.78 is 0.274. The summed E-state index contributed by atoms with van der Waals surface area (Å²) in [6.07, 6.45) is 0. The smallest absolute Gasteiger partial charge is 0.0505 e. The van der Waals surface area contributed by atoms with Crippen molar-refractivity contribution >= 4 is 17.4 Å². The standard InChI is InChI=1S/C11H14NS/c1-11(2)8-12(3)9-6-4-5-7-10(9)13-11/h4-7H,3,8H2,1-2H3. The van der Waals surface area contributed by atoms with Gasteiger partial charge in [-0.15, -0.1) is 11.8 Å². The third-order valence-corrected chi connectivity index (χ3v) is 3.41. The fourth-order valence-electron chi connectivity index (χ4n) is 1.68. The number of para-hydroxylation sites is 1. The largest absolute Gasteiger partial charge is 0.367 e. The van der Waals surface area contributed by atoms with E-state index in [1.807, 2.05) is 11.8 Å². The van der Waals surface area contributed by atoms with Gasteiger partial charge < -0.3 is 4.90 Å². The number of anilines is 1. The highest BCUT2D eigenvalue weighted by atomic mass is 32.2. The molecular formula is C11H14NS. The van der Waals surface area contributed by atoms with Crippen molar-refractivity contribution in [1.29, 1.82) is 0 Å². The van der Waals surface area contributed by atoms with Crippen LogP contribution in [0.2, 0.25) is 0 Å². The van der Waals surface area contributed by atoms with E-state index in [9.17, 15) is 0 Å². The molecule has 1 aromatic rings. The lowest BCUT2D eigenvalue weighted by Crippen LogP contribution is -2.36. The number of nitrogens with zero attached hydrogens (tertiary/aromatic N) is 1. The van der Waals surface area contributed by atoms with Gasteiger partial charge in [0.25, 0.3) is 0 Å². The summed E-state index contributed by atoms with van der Waals surface area (Å²) in [6, 6.07) is 8.45. The third kappa shape index (κ3) is 1.68. The monoisotopic (exact) mass is 192 g/mol. The Labute approximate surface area is 84.1 Å². The van der Waals surface area contributed by atoms with Crippen LogP contribution in [0.15, 0.2) is 29.2 Å². The van der Waals surface area contributed by atoms with Crippen molar-refractivity contribution in [2.75, 3.05) is 11.4 Å². The van der Waals surface area contributed by atoms with Crippen LogP contribution in [-0.4, -0.2) is 11.3 Å². The first-order valence-corrected chi connectivity index (χ1v) is 5.26. The maximum absolute atomic E-state index is 4.05. The Morgan fingerprint density at radius 1 is 1.38 bits per heavy atom. The van der Waals surface area contributed by atoms with Gasteiger partial charge in [0.05, 0.1) is 5.69 Å². The minimum absolute atomic E-state index is 0.274. The van der Waals surface area contributed by atoms with Crippen molar-refractivity contribution in [2.24, 2.45) is 0 Å². The van der Waals surface area contributed by atoms with Crippen LogP contribution in [0.5, 0.6) is 0 Å². The molecule has 0 saturated heterocycles. The van der Waals surface area contributed by atoms with Gasteiger partial charge in [-0.2, -0.15) is 0 Å². The average Bonchev–Trinajstić information content (AvgIpc) is 2.02. The van der Waals surface area contributed by atoms with E-state index >= 15 is 0 Å². The summed E-state index contributed by atoms with van der Waals surface area (Å²) in [4.78, 5) is 3.43. The molecule has 1 radical (unpaired) electrons. The van der Waals surface area contributed by atoms with Gasteiger partial charge in [-0.05, 0) is 26.0 Å². The fraction of sp³-hybridized carbons (Fsp3) is 0.364. The van der Waals surface area contributed by atoms with Gasteiger partial charge in [-0.3, -0.25) is 0 Å². The number of thioether (sulfide) groups is 1. The molecule has 0 bridgehead atoms. The predicted molar refractivity (Wildman–Crippen MR) is 59.1 cm³/mol. The molecule has 0 unspecified atom stereocenters. The van der Waals surface area contributed by atoms with E-state index in [0.717, 1.165) is 6.54 Å². The first-order valence-electron chi connectivity index (χ1n) is 4.45. The van der Waals surface area contributed by atoms with Crippen LogP contribution in [0.25, 0.3) is 0 Å². The van der Waals surface area contributed by atoms with Crippen molar-refractivity contribution in [3.05, 3.63) is 31.3 Å². The van der Waals surface area contributed by atoms with E-state index in [0.29, 0.717) is 0 Å². The van der Waals surface area contributed by atoms with Gasteiger partial charge in [0.2, 0.25) is 0 Å². The lowest BCUT2D eigenvalue weighted by Gasteiger charge is -2.37. The molecule has 2 rings (SSSR count). The predicted octanol–water partition coefficient (Wildman–Crippen LogP) is 3.17. The molecular weight excluding hydrogens is 178 g/mol. The second-order valence-corrected chi connectivity index (χ2v) is 5.78. The number of hydrogen-bond donors (Lipinski definition) is 0. The maximum Gasteiger partial charge on any atom is 0.0505 e. The molecule has 0 aliphatic carbocycles. The summed E-state index contributed by atoms with van der Waals surface area (Å²) in [7, 11) is 4.05. The second-order valence-electron chi connectivity index (χ2n) is 4.03. The van der Waals surface area contributed by atoms with Crippen molar-refractivity contribution < 1.29 is 0 Å². The molecule has 0 amide bonds. The van der Waals surface area contributed by atoms with Crippen LogP contribution in [-0.2, 0) is 0 Å². The van der Waals surface area contributed by atoms with Crippen LogP contribution >= 0.6 is 11.8 Å². The molecule has 0 atom stereocenters. The Morgan fingerprint density at radius 3 is 2.85 bits per heavy atom. The molecule has 1 aliphatic rings. The molecule has 13 heavy (non-hydrogen) atoms. The highest BCUT2D eigenvalue weighted by molar-refractivity contribution is 8.00. The first kappa shape index (κ1) is 8.95. The van der Waals surface area contributed by atoms with Crippen molar-refractivity contribution in [1.82, 2.24) is 0 Å². The Kier molecular flexibility index (Phi) is 2.03. The zero-order valence-corrected chi connectivity index (χ0v) is 8.90. The molecule has 1 heterocycles. The molecule has 0 saturated carbocycles. The van der Waals surface area contributed by atoms with Crippen LogP contribution < -0.4 is 4.90 Å². The average molecular weight is 192 g/mol. The van der Waals surface area contributed by atoms with Gasteiger partial charge in [0.15, 0.2) is 0 Å². The molecule has 0 spiro atoms. The van der Waals surface area contributed by atoms with E-state index in [1.54, 1.807) is 0 Å². The Hall–Kier alpha value is -0.630. The van der Waals surface area contributed by atoms with E-state index in [-0.39, 0.29) is 4.75 Å². The Morgan fingerprint density at radius 2 is 2.08 bits per heavy atom. The van der Waals surface area contributed by atoms with Gasteiger partial charge in [-0.1, -0.05) is 12.1 Å². The van der Waals surface area contributed by atoms with E-state index in [4.69, 9.17) is 0 Å². The molecule has 0 fully saturated rings. The van der Waals surface area contributed by atoms with Crippen LogP contribution in [0.4, 0.5) is 5.69 Å². The third-order valence-electron chi connectivity index (χ3n) is 2.16. The quantitative estimate of drug-likeness (QED) is 0.621. The fourth-order valence-corrected chi connectivity index (χ4v) is 2.94. The normalized spacial score (nSPS) is 19.8. The van der Waals surface area contributed by atoms with E-state index in [1.165, 1.54) is 10.6 Å². The van der Waals surface area contributed by atoms with E-state index in [2.05, 4.69) is 50.1 Å². The summed E-state index contributed by atoms with van der Waals surface area (Å²) >= 11 is 1.94. The summed E-state index contributed by atoms with van der Waals surface area (Å²) in [5.41, 5.74) is 1.26. The highest BCUT2D eigenvalue weighted by Crippen LogP contribution is 2.43. The zero-order valence-electron chi connectivity index (χ0n) is 8.08. The van der Waals surface area contributed by atoms with E-state index < -0.39 is 0 Å². The Balaban J connectivity index is 2.43. The molecule has 0 N–H and O–H groups in total. The number of fused-ring (bicyclic) bond motifs is 1. The minimum Gasteiger partial charge on any atom is -0.367 e. The molecule has 0 aromatic heterocycles. The lowest BCUT2D eigenvalue weighted by atomic mass is 10.1. The van der Waals surface area contributed by atoms with Crippen LogP contribution in [0, 0.1) is 7.05 Å². The Bertz CT molecular complexity index is 320. The van der Waals surface area contributed by atoms with Crippen LogP contribution in [0.3, 0.4) is 0 Å². The van der Waals surface area contributed by atoms with Gasteiger partial charge in [0, 0.05) is 23.2 Å². The SMILES string of the molecule is [CH2]N1CC(C)(C)Sc2ccccc21. The molecule has 1 aromatic carbocycles. The molecule has 1 aliphatic heterocycles. The number of rotatable bonds is 0. The van der Waals surface area contributed by atoms with Crippen LogP contribution in [0.1, 0.15) is 13.8 Å². The first-order chi connectivity index (χ1) is 6.08. The number of hydrogen-bond acceptors (Lipinski definition) is 2. The second kappa shape index (κ2) is 2.95. The van der Waals surface area contributed by atoms with Gasteiger partial charge >= 0.3 is 0 Å². The molecule has 69 valence electrons. The van der Waals surface area contributed by atoms with Gasteiger partial charge in [0.1, 0.15) is 0 Å². The van der Waals surface area contributed by atoms with Crippen molar-refractivity contribution in [3.63, 3.8) is 0 Å². The lowest BCUT2D eigenvalue weighted by molar-refractivity contribution is 0.688.